The number of ether oxygens (including phenoxy) is 1. The second kappa shape index (κ2) is 7.86. The number of furan rings is 1. The molecule has 0 radical (unpaired) electrons. The van der Waals surface area contributed by atoms with Gasteiger partial charge in [0, 0.05) is 31.8 Å². The maximum atomic E-state index is 12.7. The molecule has 26 heavy (non-hydrogen) atoms. The van der Waals surface area contributed by atoms with Gasteiger partial charge in [-0.25, -0.2) is 0 Å². The predicted octanol–water partition coefficient (Wildman–Crippen LogP) is 3.32. The molecule has 4 heterocycles. The minimum atomic E-state index is -0.154. The van der Waals surface area contributed by atoms with Crippen LogP contribution in [-0.2, 0) is 9.53 Å². The summed E-state index contributed by atoms with van der Waals surface area (Å²) in [5.41, 5.74) is 0. The number of aromatic nitrogens is 2. The zero-order valence-corrected chi connectivity index (χ0v) is 14.7. The highest BCUT2D eigenvalue weighted by atomic mass is 16.5. The molecular formula is C19H23N3O4. The second-order valence-corrected chi connectivity index (χ2v) is 6.76. The van der Waals surface area contributed by atoms with Crippen molar-refractivity contribution >= 4 is 12.0 Å². The van der Waals surface area contributed by atoms with E-state index in [1.807, 2.05) is 11.0 Å². The summed E-state index contributed by atoms with van der Waals surface area (Å²) >= 11 is 0. The number of nitrogens with zero attached hydrogens (tertiary/aromatic N) is 3. The van der Waals surface area contributed by atoms with E-state index >= 15 is 0 Å². The molecule has 0 saturated carbocycles. The quantitative estimate of drug-likeness (QED) is 0.781. The third-order valence-electron chi connectivity index (χ3n) is 5.03. The van der Waals surface area contributed by atoms with Crippen molar-refractivity contribution in [3.8, 4) is 0 Å². The van der Waals surface area contributed by atoms with Crippen LogP contribution in [0.2, 0.25) is 0 Å². The summed E-state index contributed by atoms with van der Waals surface area (Å²) < 4.78 is 16.6. The SMILES string of the molecule is O=C(/C=C/c1ccco1)N1CCCCC1c1nnc(C2CCOCC2)o1. The Morgan fingerprint density at radius 3 is 2.81 bits per heavy atom. The van der Waals surface area contributed by atoms with Gasteiger partial charge in [-0.05, 0) is 50.3 Å². The van der Waals surface area contributed by atoms with E-state index < -0.39 is 0 Å². The molecule has 1 unspecified atom stereocenters. The molecule has 2 fully saturated rings. The molecule has 2 aromatic rings. The van der Waals surface area contributed by atoms with Gasteiger partial charge in [-0.15, -0.1) is 10.2 Å². The summed E-state index contributed by atoms with van der Waals surface area (Å²) in [7, 11) is 0. The van der Waals surface area contributed by atoms with Crippen LogP contribution in [0.15, 0.2) is 33.3 Å². The van der Waals surface area contributed by atoms with Crippen LogP contribution in [0.25, 0.3) is 6.08 Å². The fourth-order valence-corrected chi connectivity index (χ4v) is 3.58. The zero-order valence-electron chi connectivity index (χ0n) is 14.7. The van der Waals surface area contributed by atoms with Crippen molar-refractivity contribution in [2.75, 3.05) is 19.8 Å². The molecule has 2 aliphatic heterocycles. The molecule has 2 saturated heterocycles. The molecule has 7 heteroatoms. The minimum Gasteiger partial charge on any atom is -0.465 e. The van der Waals surface area contributed by atoms with Gasteiger partial charge in [0.2, 0.25) is 17.7 Å². The fourth-order valence-electron chi connectivity index (χ4n) is 3.58. The maximum Gasteiger partial charge on any atom is 0.247 e. The number of carbonyl (C=O) groups excluding carboxylic acids is 1. The van der Waals surface area contributed by atoms with Gasteiger partial charge < -0.3 is 18.5 Å². The van der Waals surface area contributed by atoms with Crippen molar-refractivity contribution in [2.24, 2.45) is 0 Å². The lowest BCUT2D eigenvalue weighted by molar-refractivity contribution is -0.130. The highest BCUT2D eigenvalue weighted by molar-refractivity contribution is 5.91. The molecule has 0 aromatic carbocycles. The van der Waals surface area contributed by atoms with Crippen molar-refractivity contribution < 1.29 is 18.4 Å². The van der Waals surface area contributed by atoms with Crippen LogP contribution in [0.3, 0.4) is 0 Å². The summed E-state index contributed by atoms with van der Waals surface area (Å²) in [5, 5.41) is 8.52. The van der Waals surface area contributed by atoms with Crippen LogP contribution >= 0.6 is 0 Å². The molecule has 7 nitrogen and oxygen atoms in total. The standard InChI is InChI=1S/C19H23N3O4/c23-17(7-6-15-4-3-11-25-15)22-10-2-1-5-16(22)19-21-20-18(26-19)14-8-12-24-13-9-14/h3-4,6-7,11,14,16H,1-2,5,8-10,12-13H2/b7-6+. The van der Waals surface area contributed by atoms with Gasteiger partial charge in [-0.2, -0.15) is 0 Å². The molecule has 0 spiro atoms. The maximum absolute atomic E-state index is 12.7. The van der Waals surface area contributed by atoms with Crippen LogP contribution in [-0.4, -0.2) is 40.8 Å². The van der Waals surface area contributed by atoms with Gasteiger partial charge in [-0.1, -0.05) is 0 Å². The highest BCUT2D eigenvalue weighted by Crippen LogP contribution is 2.33. The lowest BCUT2D eigenvalue weighted by atomic mass is 10.0. The Hall–Kier alpha value is -2.41. The summed E-state index contributed by atoms with van der Waals surface area (Å²) in [4.78, 5) is 14.5. The van der Waals surface area contributed by atoms with Crippen LogP contribution in [0, 0.1) is 0 Å². The van der Waals surface area contributed by atoms with E-state index in [9.17, 15) is 4.79 Å². The summed E-state index contributed by atoms with van der Waals surface area (Å²) in [6.07, 6.45) is 9.51. The molecule has 4 rings (SSSR count). The molecule has 1 amide bonds. The van der Waals surface area contributed by atoms with E-state index in [4.69, 9.17) is 13.6 Å². The van der Waals surface area contributed by atoms with E-state index in [2.05, 4.69) is 10.2 Å². The molecule has 138 valence electrons. The Labute approximate surface area is 152 Å². The zero-order chi connectivity index (χ0) is 17.8. The van der Waals surface area contributed by atoms with Crippen LogP contribution in [0.4, 0.5) is 0 Å². The summed E-state index contributed by atoms with van der Waals surface area (Å²) in [5.74, 6) is 2.08. The number of carbonyl (C=O) groups is 1. The fraction of sp³-hybridized carbons (Fsp3) is 0.526. The van der Waals surface area contributed by atoms with Gasteiger partial charge in [0.25, 0.3) is 0 Å². The summed E-state index contributed by atoms with van der Waals surface area (Å²) in [6, 6.07) is 3.46. The first-order valence-electron chi connectivity index (χ1n) is 9.24. The first kappa shape index (κ1) is 17.0. The van der Waals surface area contributed by atoms with Crippen molar-refractivity contribution in [3.63, 3.8) is 0 Å². The van der Waals surface area contributed by atoms with Crippen LogP contribution in [0.1, 0.15) is 61.6 Å². The molecule has 1 atom stereocenters. The Balaban J connectivity index is 1.48. The number of piperidine rings is 1. The molecule has 2 aliphatic rings. The van der Waals surface area contributed by atoms with E-state index in [0.29, 0.717) is 24.1 Å². The predicted molar refractivity (Wildman–Crippen MR) is 93.1 cm³/mol. The molecular weight excluding hydrogens is 334 g/mol. The smallest absolute Gasteiger partial charge is 0.247 e. The number of likely N-dealkylation sites (tertiary alicyclic amines) is 1. The topological polar surface area (TPSA) is 81.6 Å². The number of rotatable bonds is 4. The van der Waals surface area contributed by atoms with E-state index in [1.54, 1.807) is 24.5 Å². The average molecular weight is 357 g/mol. The van der Waals surface area contributed by atoms with Gasteiger partial charge >= 0.3 is 0 Å². The largest absolute Gasteiger partial charge is 0.465 e. The monoisotopic (exact) mass is 357 g/mol. The van der Waals surface area contributed by atoms with Gasteiger partial charge in [0.15, 0.2) is 0 Å². The van der Waals surface area contributed by atoms with Crippen molar-refractivity contribution in [1.82, 2.24) is 15.1 Å². The van der Waals surface area contributed by atoms with Gasteiger partial charge in [-0.3, -0.25) is 4.79 Å². The third-order valence-corrected chi connectivity index (χ3v) is 5.03. The van der Waals surface area contributed by atoms with Gasteiger partial charge in [0.05, 0.1) is 6.26 Å². The Morgan fingerprint density at radius 1 is 1.15 bits per heavy atom. The Bertz CT molecular complexity index is 747. The number of hydrogen-bond acceptors (Lipinski definition) is 6. The number of hydrogen-bond donors (Lipinski definition) is 0. The first-order valence-corrected chi connectivity index (χ1v) is 9.24. The minimum absolute atomic E-state index is 0.0584. The average Bonchev–Trinajstić information content (AvgIpc) is 3.39. The summed E-state index contributed by atoms with van der Waals surface area (Å²) in [6.45, 7) is 2.16. The second-order valence-electron chi connectivity index (χ2n) is 6.76. The normalized spacial score (nSPS) is 22.2. The third kappa shape index (κ3) is 3.72. The Morgan fingerprint density at radius 2 is 2.00 bits per heavy atom. The van der Waals surface area contributed by atoms with Crippen molar-refractivity contribution in [2.45, 2.75) is 44.1 Å². The van der Waals surface area contributed by atoms with E-state index in [-0.39, 0.29) is 17.9 Å². The van der Waals surface area contributed by atoms with Crippen molar-refractivity contribution in [3.05, 3.63) is 42.0 Å². The number of amides is 1. The van der Waals surface area contributed by atoms with E-state index in [1.165, 1.54) is 0 Å². The lowest BCUT2D eigenvalue weighted by Crippen LogP contribution is -2.37. The molecule has 2 aromatic heterocycles. The first-order chi connectivity index (χ1) is 12.8. The van der Waals surface area contributed by atoms with Crippen LogP contribution in [0.5, 0.6) is 0 Å². The Kier molecular flexibility index (Phi) is 5.15. The van der Waals surface area contributed by atoms with Crippen molar-refractivity contribution in [1.29, 1.82) is 0 Å². The highest BCUT2D eigenvalue weighted by Gasteiger charge is 2.32. The van der Waals surface area contributed by atoms with E-state index in [0.717, 1.165) is 45.3 Å². The van der Waals surface area contributed by atoms with Crippen LogP contribution < -0.4 is 0 Å². The van der Waals surface area contributed by atoms with Gasteiger partial charge in [0.1, 0.15) is 11.8 Å². The molecule has 0 N–H and O–H groups in total. The molecule has 0 aliphatic carbocycles. The molecule has 0 bridgehead atoms. The lowest BCUT2D eigenvalue weighted by Gasteiger charge is -2.32.